The quantitative estimate of drug-likeness (QED) is 0.412. The third-order valence-corrected chi connectivity index (χ3v) is 1.94. The van der Waals surface area contributed by atoms with Crippen LogP contribution in [0, 0.1) is 5.41 Å². The Morgan fingerprint density at radius 2 is 1.64 bits per heavy atom. The van der Waals surface area contributed by atoms with E-state index in [9.17, 15) is 9.90 Å². The van der Waals surface area contributed by atoms with Gasteiger partial charge in [0.05, 0.1) is 0 Å². The molecule has 1 rings (SSSR count). The van der Waals surface area contributed by atoms with Gasteiger partial charge >= 0.3 is 11.9 Å². The molecule has 0 radical (unpaired) electrons. The molecule has 0 bridgehead atoms. The van der Waals surface area contributed by atoms with Gasteiger partial charge in [0.1, 0.15) is 11.0 Å². The standard InChI is InChI=1S/C9H16O5/c1-7(2,3)12-6(10)8(4,5)9(11)13-14-9/h11H,1-5H3. The van der Waals surface area contributed by atoms with E-state index in [1.165, 1.54) is 13.8 Å². The summed E-state index contributed by atoms with van der Waals surface area (Å²) in [5, 5.41) is 9.48. The molecular weight excluding hydrogens is 188 g/mol. The highest BCUT2D eigenvalue weighted by Crippen LogP contribution is 2.44. The summed E-state index contributed by atoms with van der Waals surface area (Å²) in [4.78, 5) is 20.3. The molecule has 0 aromatic heterocycles. The summed E-state index contributed by atoms with van der Waals surface area (Å²) in [5.74, 6) is -2.40. The first-order valence-corrected chi connectivity index (χ1v) is 4.41. The molecule has 0 aliphatic carbocycles. The molecule has 1 saturated heterocycles. The Kier molecular flexibility index (Phi) is 2.38. The van der Waals surface area contributed by atoms with E-state index in [0.717, 1.165) is 0 Å². The van der Waals surface area contributed by atoms with E-state index < -0.39 is 23.0 Å². The Labute approximate surface area is 82.9 Å². The number of hydrogen-bond acceptors (Lipinski definition) is 5. The number of carbonyl (C=O) groups is 1. The van der Waals surface area contributed by atoms with E-state index in [-0.39, 0.29) is 0 Å². The minimum absolute atomic E-state index is 0.565. The van der Waals surface area contributed by atoms with Gasteiger partial charge in [-0.2, -0.15) is 9.78 Å². The van der Waals surface area contributed by atoms with Crippen LogP contribution in [0.4, 0.5) is 0 Å². The van der Waals surface area contributed by atoms with Crippen LogP contribution in [0.1, 0.15) is 34.6 Å². The van der Waals surface area contributed by atoms with Crippen molar-refractivity contribution in [1.82, 2.24) is 0 Å². The van der Waals surface area contributed by atoms with Crippen molar-refractivity contribution in [3.63, 3.8) is 0 Å². The predicted molar refractivity (Wildman–Crippen MR) is 46.7 cm³/mol. The molecule has 0 aromatic rings. The van der Waals surface area contributed by atoms with E-state index in [1.54, 1.807) is 20.8 Å². The second-order valence-electron chi connectivity index (χ2n) is 4.88. The fraction of sp³-hybridized carbons (Fsp3) is 0.889. The van der Waals surface area contributed by atoms with Gasteiger partial charge in [-0.05, 0) is 34.6 Å². The number of aliphatic hydroxyl groups is 1. The van der Waals surface area contributed by atoms with E-state index in [0.29, 0.717) is 0 Å². The van der Waals surface area contributed by atoms with Crippen molar-refractivity contribution < 1.29 is 24.4 Å². The molecule has 1 N–H and O–H groups in total. The van der Waals surface area contributed by atoms with Crippen LogP contribution in [0.2, 0.25) is 0 Å². The first kappa shape index (κ1) is 11.4. The fourth-order valence-electron chi connectivity index (χ4n) is 0.782. The Bertz CT molecular complexity index is 246. The summed E-state index contributed by atoms with van der Waals surface area (Å²) < 4.78 is 5.11. The molecule has 82 valence electrons. The van der Waals surface area contributed by atoms with Crippen molar-refractivity contribution in [2.75, 3.05) is 0 Å². The van der Waals surface area contributed by atoms with Crippen LogP contribution < -0.4 is 0 Å². The molecular formula is C9H16O5. The molecule has 14 heavy (non-hydrogen) atoms. The number of hydrogen-bond donors (Lipinski definition) is 1. The van der Waals surface area contributed by atoms with Gasteiger partial charge in [0, 0.05) is 0 Å². The number of ether oxygens (including phenoxy) is 1. The van der Waals surface area contributed by atoms with Crippen molar-refractivity contribution in [2.45, 2.75) is 46.2 Å². The minimum Gasteiger partial charge on any atom is -0.459 e. The minimum atomic E-state index is -1.84. The molecule has 1 aliphatic heterocycles. The molecule has 1 aliphatic rings. The SMILES string of the molecule is CC(C)(C)OC(=O)C(C)(C)C1(O)OO1. The van der Waals surface area contributed by atoms with E-state index in [1.807, 2.05) is 0 Å². The van der Waals surface area contributed by atoms with Crippen LogP contribution in [0.3, 0.4) is 0 Å². The molecule has 5 nitrogen and oxygen atoms in total. The van der Waals surface area contributed by atoms with Gasteiger partial charge in [-0.1, -0.05) is 0 Å². The maximum absolute atomic E-state index is 11.6. The Morgan fingerprint density at radius 3 is 1.93 bits per heavy atom. The third-order valence-electron chi connectivity index (χ3n) is 1.94. The van der Waals surface area contributed by atoms with Crippen molar-refractivity contribution >= 4 is 5.97 Å². The number of rotatable bonds is 2. The van der Waals surface area contributed by atoms with Crippen LogP contribution in [0.5, 0.6) is 0 Å². The monoisotopic (exact) mass is 204 g/mol. The molecule has 5 heteroatoms. The van der Waals surface area contributed by atoms with Crippen molar-refractivity contribution in [1.29, 1.82) is 0 Å². The second-order valence-corrected chi connectivity index (χ2v) is 4.88. The van der Waals surface area contributed by atoms with Crippen molar-refractivity contribution in [3.05, 3.63) is 0 Å². The Balaban J connectivity index is 2.69. The van der Waals surface area contributed by atoms with Crippen molar-refractivity contribution in [2.24, 2.45) is 5.41 Å². The first-order chi connectivity index (χ1) is 6.08. The maximum Gasteiger partial charge on any atom is 0.353 e. The van der Waals surface area contributed by atoms with E-state index >= 15 is 0 Å². The van der Waals surface area contributed by atoms with Gasteiger partial charge in [0.15, 0.2) is 0 Å². The number of esters is 1. The molecule has 0 amide bonds. The molecule has 0 unspecified atom stereocenters. The summed E-state index contributed by atoms with van der Waals surface area (Å²) in [5.41, 5.74) is -1.83. The topological polar surface area (TPSA) is 71.6 Å². The maximum atomic E-state index is 11.6. The average Bonchev–Trinajstić information content (AvgIpc) is 2.65. The van der Waals surface area contributed by atoms with Crippen LogP contribution in [-0.4, -0.2) is 22.7 Å². The molecule has 0 atom stereocenters. The summed E-state index contributed by atoms with van der Waals surface area (Å²) in [6.45, 7) is 8.24. The lowest BCUT2D eigenvalue weighted by Crippen LogP contribution is -2.43. The van der Waals surface area contributed by atoms with Gasteiger partial charge < -0.3 is 9.84 Å². The van der Waals surface area contributed by atoms with Gasteiger partial charge in [-0.3, -0.25) is 4.79 Å². The van der Waals surface area contributed by atoms with Crippen molar-refractivity contribution in [3.8, 4) is 0 Å². The van der Waals surface area contributed by atoms with Crippen LogP contribution in [0.15, 0.2) is 0 Å². The predicted octanol–water partition coefficient (Wildman–Crippen LogP) is 0.962. The summed E-state index contributed by atoms with van der Waals surface area (Å²) >= 11 is 0. The highest BCUT2D eigenvalue weighted by atomic mass is 17.4. The van der Waals surface area contributed by atoms with Gasteiger partial charge in [-0.15, -0.1) is 0 Å². The smallest absolute Gasteiger partial charge is 0.353 e. The van der Waals surface area contributed by atoms with Crippen LogP contribution in [-0.2, 0) is 19.3 Å². The zero-order valence-corrected chi connectivity index (χ0v) is 9.08. The molecule has 0 spiro atoms. The van der Waals surface area contributed by atoms with Gasteiger partial charge in [0.2, 0.25) is 0 Å². The number of carbonyl (C=O) groups excluding carboxylic acids is 1. The van der Waals surface area contributed by atoms with Gasteiger partial charge in [-0.25, -0.2) is 0 Å². The highest BCUT2D eigenvalue weighted by Gasteiger charge is 2.65. The molecule has 1 heterocycles. The summed E-state index contributed by atoms with van der Waals surface area (Å²) in [6, 6.07) is 0. The molecule has 0 saturated carbocycles. The van der Waals surface area contributed by atoms with Gasteiger partial charge in [0.25, 0.3) is 0 Å². The lowest BCUT2D eigenvalue weighted by atomic mass is 9.91. The fourth-order valence-corrected chi connectivity index (χ4v) is 0.782. The van der Waals surface area contributed by atoms with E-state index in [4.69, 9.17) is 4.74 Å². The average molecular weight is 204 g/mol. The lowest BCUT2D eigenvalue weighted by Gasteiger charge is -2.27. The van der Waals surface area contributed by atoms with Crippen LogP contribution in [0.25, 0.3) is 0 Å². The first-order valence-electron chi connectivity index (χ1n) is 4.41. The largest absolute Gasteiger partial charge is 0.459 e. The molecule has 1 fully saturated rings. The normalized spacial score (nSPS) is 20.4. The lowest BCUT2D eigenvalue weighted by molar-refractivity contribution is -0.184. The van der Waals surface area contributed by atoms with Crippen LogP contribution >= 0.6 is 0 Å². The zero-order valence-electron chi connectivity index (χ0n) is 9.08. The molecule has 0 aromatic carbocycles. The Hall–Kier alpha value is -0.650. The van der Waals surface area contributed by atoms with E-state index in [2.05, 4.69) is 9.78 Å². The summed E-state index contributed by atoms with van der Waals surface area (Å²) in [6.07, 6.45) is 0. The summed E-state index contributed by atoms with van der Waals surface area (Å²) in [7, 11) is 0. The second kappa shape index (κ2) is 2.92. The zero-order chi connectivity index (χ0) is 11.2. The highest BCUT2D eigenvalue weighted by molar-refractivity contribution is 5.77. The third kappa shape index (κ3) is 2.05. The Morgan fingerprint density at radius 1 is 1.21 bits per heavy atom.